The largest absolute Gasteiger partial charge is 0.362 e. The fourth-order valence-electron chi connectivity index (χ4n) is 2.36. The van der Waals surface area contributed by atoms with E-state index >= 15 is 0 Å². The molecule has 0 unspecified atom stereocenters. The second kappa shape index (κ2) is 5.40. The van der Waals surface area contributed by atoms with Crippen molar-refractivity contribution in [2.24, 2.45) is 0 Å². The van der Waals surface area contributed by atoms with Crippen molar-refractivity contribution in [3.63, 3.8) is 0 Å². The van der Waals surface area contributed by atoms with Crippen LogP contribution in [-0.2, 0) is 13.1 Å². The third-order valence-electron chi connectivity index (χ3n) is 3.27. The lowest BCUT2D eigenvalue weighted by Crippen LogP contribution is -2.07. The van der Waals surface area contributed by atoms with Crippen LogP contribution in [-0.4, -0.2) is 24.7 Å². The first-order valence-corrected chi connectivity index (χ1v) is 7.83. The number of hydrogen-bond acceptors (Lipinski definition) is 6. The number of rotatable bonds is 4. The average molecular weight is 302 g/mol. The topological polar surface area (TPSA) is 68.5 Å². The van der Waals surface area contributed by atoms with Crippen LogP contribution in [0, 0.1) is 20.8 Å². The molecule has 3 heterocycles. The van der Waals surface area contributed by atoms with Crippen LogP contribution in [0.25, 0.3) is 11.0 Å². The van der Waals surface area contributed by atoms with Gasteiger partial charge in [-0.1, -0.05) is 0 Å². The molecule has 3 rings (SSSR count). The summed E-state index contributed by atoms with van der Waals surface area (Å²) in [7, 11) is 0. The molecule has 21 heavy (non-hydrogen) atoms. The number of aryl methyl sites for hydroxylation is 4. The first kappa shape index (κ1) is 13.9. The predicted octanol–water partition coefficient (Wildman–Crippen LogP) is 2.84. The Balaban J connectivity index is 2.00. The Labute approximate surface area is 127 Å². The maximum absolute atomic E-state index is 4.54. The number of aromatic nitrogens is 5. The lowest BCUT2D eigenvalue weighted by atomic mass is 10.3. The van der Waals surface area contributed by atoms with E-state index in [0.29, 0.717) is 6.54 Å². The zero-order chi connectivity index (χ0) is 15.0. The van der Waals surface area contributed by atoms with Gasteiger partial charge in [0.15, 0.2) is 5.82 Å². The molecule has 0 bridgehead atoms. The highest BCUT2D eigenvalue weighted by Crippen LogP contribution is 2.23. The van der Waals surface area contributed by atoms with E-state index in [1.165, 1.54) is 0 Å². The first-order chi connectivity index (χ1) is 10.1. The van der Waals surface area contributed by atoms with E-state index in [0.717, 1.165) is 45.6 Å². The normalized spacial score (nSPS) is 11.2. The summed E-state index contributed by atoms with van der Waals surface area (Å²) in [6, 6.07) is 0. The van der Waals surface area contributed by atoms with Gasteiger partial charge in [-0.25, -0.2) is 15.0 Å². The van der Waals surface area contributed by atoms with Crippen LogP contribution in [0.2, 0.25) is 0 Å². The Bertz CT molecular complexity index is 788. The van der Waals surface area contributed by atoms with Gasteiger partial charge in [0, 0.05) is 11.9 Å². The molecule has 0 aliphatic heterocycles. The van der Waals surface area contributed by atoms with Crippen LogP contribution >= 0.6 is 11.3 Å². The molecule has 1 N–H and O–H groups in total. The van der Waals surface area contributed by atoms with E-state index in [-0.39, 0.29) is 0 Å². The van der Waals surface area contributed by atoms with Gasteiger partial charge in [0.25, 0.3) is 0 Å². The fraction of sp³-hybridized carbons (Fsp3) is 0.429. The summed E-state index contributed by atoms with van der Waals surface area (Å²) in [5, 5.41) is 11.0. The zero-order valence-electron chi connectivity index (χ0n) is 12.6. The van der Waals surface area contributed by atoms with E-state index in [1.54, 1.807) is 11.3 Å². The average Bonchev–Trinajstić information content (AvgIpc) is 3.00. The Morgan fingerprint density at radius 2 is 2.00 bits per heavy atom. The molecular formula is C14H18N6S. The molecule has 0 saturated carbocycles. The van der Waals surface area contributed by atoms with Gasteiger partial charge in [0.1, 0.15) is 16.9 Å². The molecule has 3 aromatic heterocycles. The molecule has 110 valence electrons. The summed E-state index contributed by atoms with van der Waals surface area (Å²) in [4.78, 5) is 13.5. The van der Waals surface area contributed by atoms with E-state index in [9.17, 15) is 0 Å². The second-order valence-electron chi connectivity index (χ2n) is 4.93. The Hall–Kier alpha value is -2.02. The quantitative estimate of drug-likeness (QED) is 0.802. The molecule has 3 aromatic rings. The van der Waals surface area contributed by atoms with Gasteiger partial charge < -0.3 is 5.32 Å². The van der Waals surface area contributed by atoms with Gasteiger partial charge >= 0.3 is 0 Å². The molecule has 0 aliphatic rings. The summed E-state index contributed by atoms with van der Waals surface area (Å²) < 4.78 is 1.94. The van der Waals surface area contributed by atoms with Gasteiger partial charge in [0.2, 0.25) is 0 Å². The van der Waals surface area contributed by atoms with Crippen LogP contribution in [0.15, 0.2) is 5.38 Å². The number of nitrogens with zero attached hydrogens (tertiary/aromatic N) is 5. The molecule has 0 radical (unpaired) electrons. The van der Waals surface area contributed by atoms with E-state index in [4.69, 9.17) is 0 Å². The molecule has 0 amide bonds. The SMILES string of the molecule is CCn1nc(C)c2nc(C)nc(NCc3csc(C)n3)c21. The minimum absolute atomic E-state index is 0.657. The summed E-state index contributed by atoms with van der Waals surface area (Å²) in [5.41, 5.74) is 3.85. The summed E-state index contributed by atoms with van der Waals surface area (Å²) >= 11 is 1.66. The highest BCUT2D eigenvalue weighted by Gasteiger charge is 2.14. The zero-order valence-corrected chi connectivity index (χ0v) is 13.5. The van der Waals surface area contributed by atoms with E-state index in [2.05, 4.69) is 37.7 Å². The van der Waals surface area contributed by atoms with Crippen molar-refractivity contribution in [3.05, 3.63) is 27.6 Å². The number of hydrogen-bond donors (Lipinski definition) is 1. The predicted molar refractivity (Wildman–Crippen MR) is 84.6 cm³/mol. The van der Waals surface area contributed by atoms with E-state index < -0.39 is 0 Å². The van der Waals surface area contributed by atoms with Crippen molar-refractivity contribution in [2.75, 3.05) is 5.32 Å². The maximum Gasteiger partial charge on any atom is 0.156 e. The number of thiazole rings is 1. The van der Waals surface area contributed by atoms with E-state index in [1.807, 2.05) is 25.5 Å². The molecule has 0 saturated heterocycles. The summed E-state index contributed by atoms with van der Waals surface area (Å²) in [5.74, 6) is 1.57. The minimum atomic E-state index is 0.657. The first-order valence-electron chi connectivity index (χ1n) is 6.95. The standard InChI is InChI=1S/C14H18N6S/c1-5-20-13-12(8(2)19-20)16-9(3)17-14(13)15-6-11-7-21-10(4)18-11/h7H,5-6H2,1-4H3,(H,15,16,17). The van der Waals surface area contributed by atoms with Crippen LogP contribution in [0.3, 0.4) is 0 Å². The van der Waals surface area contributed by atoms with Crippen molar-refractivity contribution in [3.8, 4) is 0 Å². The molecule has 7 heteroatoms. The molecule has 0 fully saturated rings. The Kier molecular flexibility index (Phi) is 3.59. The number of anilines is 1. The summed E-state index contributed by atoms with van der Waals surface area (Å²) in [6.45, 7) is 9.41. The van der Waals surface area contributed by atoms with Crippen LogP contribution in [0.4, 0.5) is 5.82 Å². The molecule has 6 nitrogen and oxygen atoms in total. The fourth-order valence-corrected chi connectivity index (χ4v) is 2.97. The van der Waals surface area contributed by atoms with Gasteiger partial charge in [-0.3, -0.25) is 4.68 Å². The van der Waals surface area contributed by atoms with Crippen molar-refractivity contribution >= 4 is 28.2 Å². The molecular weight excluding hydrogens is 284 g/mol. The van der Waals surface area contributed by atoms with Gasteiger partial charge in [-0.15, -0.1) is 11.3 Å². The van der Waals surface area contributed by atoms with Crippen LogP contribution in [0.1, 0.15) is 29.1 Å². The van der Waals surface area contributed by atoms with Crippen LogP contribution in [0.5, 0.6) is 0 Å². The Morgan fingerprint density at radius 3 is 2.67 bits per heavy atom. The van der Waals surface area contributed by atoms with Crippen molar-refractivity contribution in [1.82, 2.24) is 24.7 Å². The highest BCUT2D eigenvalue weighted by molar-refractivity contribution is 7.09. The third-order valence-corrected chi connectivity index (χ3v) is 4.09. The molecule has 0 aliphatic carbocycles. The van der Waals surface area contributed by atoms with Crippen LogP contribution < -0.4 is 5.32 Å². The lowest BCUT2D eigenvalue weighted by molar-refractivity contribution is 0.675. The van der Waals surface area contributed by atoms with Gasteiger partial charge in [-0.05, 0) is 27.7 Å². The van der Waals surface area contributed by atoms with Crippen molar-refractivity contribution in [2.45, 2.75) is 40.8 Å². The maximum atomic E-state index is 4.54. The Morgan fingerprint density at radius 1 is 1.19 bits per heavy atom. The second-order valence-corrected chi connectivity index (χ2v) is 5.99. The smallest absolute Gasteiger partial charge is 0.156 e. The lowest BCUT2D eigenvalue weighted by Gasteiger charge is -2.08. The van der Waals surface area contributed by atoms with Gasteiger partial charge in [0.05, 0.1) is 22.9 Å². The minimum Gasteiger partial charge on any atom is -0.362 e. The monoisotopic (exact) mass is 302 g/mol. The number of fused-ring (bicyclic) bond motifs is 1. The third kappa shape index (κ3) is 2.61. The highest BCUT2D eigenvalue weighted by atomic mass is 32.1. The van der Waals surface area contributed by atoms with Crippen molar-refractivity contribution in [1.29, 1.82) is 0 Å². The van der Waals surface area contributed by atoms with Crippen molar-refractivity contribution < 1.29 is 0 Å². The number of nitrogens with one attached hydrogen (secondary N) is 1. The molecule has 0 aromatic carbocycles. The summed E-state index contributed by atoms with van der Waals surface area (Å²) in [6.07, 6.45) is 0. The van der Waals surface area contributed by atoms with Gasteiger partial charge in [-0.2, -0.15) is 5.10 Å². The molecule has 0 spiro atoms. The molecule has 0 atom stereocenters.